The minimum absolute atomic E-state index is 0.329. The van der Waals surface area contributed by atoms with Crippen molar-refractivity contribution < 1.29 is 4.39 Å². The molecular formula is C9H12FN3. The van der Waals surface area contributed by atoms with E-state index in [4.69, 9.17) is 5.84 Å². The molecule has 0 spiro atoms. The molecule has 0 aliphatic carbocycles. The Morgan fingerprint density at radius 2 is 2.23 bits per heavy atom. The minimum Gasteiger partial charge on any atom is -0.308 e. The second-order valence-corrected chi connectivity index (χ2v) is 2.70. The first-order valence-electron chi connectivity index (χ1n) is 3.89. The molecule has 0 saturated carbocycles. The van der Waals surface area contributed by atoms with Gasteiger partial charge in [-0.1, -0.05) is 11.6 Å². The maximum Gasteiger partial charge on any atom is 0.145 e. The average molecular weight is 181 g/mol. The monoisotopic (exact) mass is 181 g/mol. The van der Waals surface area contributed by atoms with Gasteiger partial charge in [0.1, 0.15) is 11.7 Å². The number of aryl methyl sites for hydroxylation is 1. The van der Waals surface area contributed by atoms with E-state index in [1.165, 1.54) is 6.07 Å². The first-order valence-corrected chi connectivity index (χ1v) is 3.89. The summed E-state index contributed by atoms with van der Waals surface area (Å²) in [6.07, 6.45) is 0. The first kappa shape index (κ1) is 9.67. The van der Waals surface area contributed by atoms with Gasteiger partial charge in [-0.3, -0.25) is 4.99 Å². The van der Waals surface area contributed by atoms with Crippen LogP contribution in [0.1, 0.15) is 11.1 Å². The number of amidine groups is 1. The van der Waals surface area contributed by atoms with Crippen LogP contribution in [0, 0.1) is 12.7 Å². The molecule has 0 aliphatic heterocycles. The van der Waals surface area contributed by atoms with E-state index in [0.29, 0.717) is 11.4 Å². The standard InChI is InChI=1S/C9H12FN3/c1-6-3-4-8(10)7(5-6)9(12-2)13-11/h3-5H,11H2,1-2H3,(H,12,13). The highest BCUT2D eigenvalue weighted by Gasteiger charge is 2.07. The fourth-order valence-electron chi connectivity index (χ4n) is 1.08. The van der Waals surface area contributed by atoms with Crippen LogP contribution in [0.5, 0.6) is 0 Å². The van der Waals surface area contributed by atoms with Crippen LogP contribution in [0.15, 0.2) is 23.2 Å². The van der Waals surface area contributed by atoms with Gasteiger partial charge in [0.2, 0.25) is 0 Å². The summed E-state index contributed by atoms with van der Waals surface area (Å²) in [5, 5.41) is 0. The summed E-state index contributed by atoms with van der Waals surface area (Å²) >= 11 is 0. The van der Waals surface area contributed by atoms with Gasteiger partial charge in [-0.2, -0.15) is 0 Å². The van der Waals surface area contributed by atoms with Crippen LogP contribution in [0.4, 0.5) is 4.39 Å². The van der Waals surface area contributed by atoms with Gasteiger partial charge in [-0.15, -0.1) is 0 Å². The molecule has 13 heavy (non-hydrogen) atoms. The molecule has 0 fully saturated rings. The second kappa shape index (κ2) is 4.00. The van der Waals surface area contributed by atoms with Crippen molar-refractivity contribution in [2.75, 3.05) is 7.05 Å². The number of rotatable bonds is 1. The first-order chi connectivity index (χ1) is 6.19. The van der Waals surface area contributed by atoms with Gasteiger partial charge in [-0.25, -0.2) is 10.2 Å². The molecule has 3 nitrogen and oxygen atoms in total. The zero-order valence-electron chi connectivity index (χ0n) is 7.63. The average Bonchev–Trinajstić information content (AvgIpc) is 2.13. The molecule has 0 atom stereocenters. The van der Waals surface area contributed by atoms with Crippen LogP contribution in [-0.2, 0) is 0 Å². The third-order valence-electron chi connectivity index (χ3n) is 1.74. The Balaban J connectivity index is 3.19. The predicted molar refractivity (Wildman–Crippen MR) is 50.9 cm³/mol. The molecule has 0 radical (unpaired) electrons. The summed E-state index contributed by atoms with van der Waals surface area (Å²) in [7, 11) is 1.55. The Labute approximate surface area is 76.4 Å². The van der Waals surface area contributed by atoms with Crippen molar-refractivity contribution in [1.82, 2.24) is 5.43 Å². The summed E-state index contributed by atoms with van der Waals surface area (Å²) in [4.78, 5) is 3.82. The molecule has 0 amide bonds. The van der Waals surface area contributed by atoms with Gasteiger partial charge in [0.05, 0.1) is 5.56 Å². The number of hydrogen-bond acceptors (Lipinski definition) is 2. The molecule has 1 aromatic carbocycles. The molecule has 0 heterocycles. The molecule has 0 unspecified atom stereocenters. The molecule has 0 saturated heterocycles. The van der Waals surface area contributed by atoms with Crippen LogP contribution >= 0.6 is 0 Å². The number of aliphatic imine (C=N–C) groups is 1. The Morgan fingerprint density at radius 3 is 2.77 bits per heavy atom. The summed E-state index contributed by atoms with van der Waals surface area (Å²) < 4.78 is 13.2. The highest BCUT2D eigenvalue weighted by Crippen LogP contribution is 2.09. The molecular weight excluding hydrogens is 169 g/mol. The Morgan fingerprint density at radius 1 is 1.54 bits per heavy atom. The summed E-state index contributed by atoms with van der Waals surface area (Å²) in [6.45, 7) is 1.88. The molecule has 1 aromatic rings. The lowest BCUT2D eigenvalue weighted by molar-refractivity contribution is 0.623. The van der Waals surface area contributed by atoms with Crippen molar-refractivity contribution in [3.05, 3.63) is 35.1 Å². The third-order valence-corrected chi connectivity index (χ3v) is 1.74. The summed E-state index contributed by atoms with van der Waals surface area (Å²) in [5.74, 6) is 5.21. The van der Waals surface area contributed by atoms with Gasteiger partial charge < -0.3 is 5.43 Å². The molecule has 4 heteroatoms. The highest BCUT2D eigenvalue weighted by atomic mass is 19.1. The fourth-order valence-corrected chi connectivity index (χ4v) is 1.08. The normalized spacial score (nSPS) is 11.5. The van der Waals surface area contributed by atoms with E-state index in [0.717, 1.165) is 5.56 Å². The Kier molecular flexibility index (Phi) is 2.97. The van der Waals surface area contributed by atoms with Crippen molar-refractivity contribution in [2.24, 2.45) is 10.8 Å². The third kappa shape index (κ3) is 2.03. The number of hydrogen-bond donors (Lipinski definition) is 2. The van der Waals surface area contributed by atoms with E-state index >= 15 is 0 Å². The van der Waals surface area contributed by atoms with E-state index in [1.54, 1.807) is 19.2 Å². The summed E-state index contributed by atoms with van der Waals surface area (Å²) in [5.41, 5.74) is 3.71. The second-order valence-electron chi connectivity index (χ2n) is 2.70. The SMILES string of the molecule is CN=C(NN)c1cc(C)ccc1F. The van der Waals surface area contributed by atoms with Gasteiger partial charge in [0.25, 0.3) is 0 Å². The lowest BCUT2D eigenvalue weighted by Crippen LogP contribution is -2.31. The Hall–Kier alpha value is -1.42. The van der Waals surface area contributed by atoms with Crippen LogP contribution < -0.4 is 11.3 Å². The van der Waals surface area contributed by atoms with Crippen molar-refractivity contribution in [3.63, 3.8) is 0 Å². The van der Waals surface area contributed by atoms with Crippen LogP contribution in [0.3, 0.4) is 0 Å². The van der Waals surface area contributed by atoms with E-state index < -0.39 is 0 Å². The largest absolute Gasteiger partial charge is 0.308 e. The van der Waals surface area contributed by atoms with Crippen LogP contribution in [-0.4, -0.2) is 12.9 Å². The van der Waals surface area contributed by atoms with E-state index in [9.17, 15) is 4.39 Å². The molecule has 0 aromatic heterocycles. The number of hydrazine groups is 1. The lowest BCUT2D eigenvalue weighted by atomic mass is 10.1. The zero-order valence-corrected chi connectivity index (χ0v) is 7.63. The van der Waals surface area contributed by atoms with E-state index in [1.807, 2.05) is 6.92 Å². The van der Waals surface area contributed by atoms with Gasteiger partial charge in [0, 0.05) is 7.05 Å². The maximum absolute atomic E-state index is 13.2. The topological polar surface area (TPSA) is 50.4 Å². The van der Waals surface area contributed by atoms with E-state index in [-0.39, 0.29) is 5.82 Å². The van der Waals surface area contributed by atoms with Crippen LogP contribution in [0.25, 0.3) is 0 Å². The quantitative estimate of drug-likeness (QED) is 0.293. The molecule has 0 bridgehead atoms. The number of nitrogens with one attached hydrogen (secondary N) is 1. The number of benzene rings is 1. The molecule has 1 rings (SSSR count). The van der Waals surface area contributed by atoms with Crippen molar-refractivity contribution in [2.45, 2.75) is 6.92 Å². The van der Waals surface area contributed by atoms with Crippen molar-refractivity contribution in [3.8, 4) is 0 Å². The van der Waals surface area contributed by atoms with Gasteiger partial charge in [0.15, 0.2) is 0 Å². The molecule has 70 valence electrons. The molecule has 3 N–H and O–H groups in total. The van der Waals surface area contributed by atoms with Crippen LogP contribution in [0.2, 0.25) is 0 Å². The Bertz CT molecular complexity index is 334. The maximum atomic E-state index is 13.2. The minimum atomic E-state index is -0.329. The molecule has 0 aliphatic rings. The fraction of sp³-hybridized carbons (Fsp3) is 0.222. The predicted octanol–water partition coefficient (Wildman–Crippen LogP) is 0.974. The van der Waals surface area contributed by atoms with Gasteiger partial charge in [-0.05, 0) is 19.1 Å². The number of nitrogens with two attached hydrogens (primary N) is 1. The smallest absolute Gasteiger partial charge is 0.145 e. The zero-order chi connectivity index (χ0) is 9.84. The van der Waals surface area contributed by atoms with Gasteiger partial charge >= 0.3 is 0 Å². The van der Waals surface area contributed by atoms with E-state index in [2.05, 4.69) is 10.4 Å². The highest BCUT2D eigenvalue weighted by molar-refractivity contribution is 5.98. The summed E-state index contributed by atoms with van der Waals surface area (Å²) in [6, 6.07) is 4.79. The number of nitrogens with zero attached hydrogens (tertiary/aromatic N) is 1. The number of halogens is 1. The lowest BCUT2D eigenvalue weighted by Gasteiger charge is -2.06. The van der Waals surface area contributed by atoms with Crippen molar-refractivity contribution in [1.29, 1.82) is 0 Å². The van der Waals surface area contributed by atoms with Crippen molar-refractivity contribution >= 4 is 5.84 Å².